The zero-order valence-electron chi connectivity index (χ0n) is 18.3. The van der Waals surface area contributed by atoms with E-state index in [9.17, 15) is 13.2 Å². The maximum absolute atomic E-state index is 12.7. The van der Waals surface area contributed by atoms with Crippen molar-refractivity contribution in [2.45, 2.75) is 37.7 Å². The quantitative estimate of drug-likeness (QED) is 0.349. The molecule has 13 heteroatoms. The summed E-state index contributed by atoms with van der Waals surface area (Å²) in [5, 5.41) is 15.5. The van der Waals surface area contributed by atoms with Crippen molar-refractivity contribution in [3.63, 3.8) is 0 Å². The maximum Gasteiger partial charge on any atom is 0.271 e. The van der Waals surface area contributed by atoms with Crippen LogP contribution in [0.2, 0.25) is 0 Å². The predicted octanol–water partition coefficient (Wildman–Crippen LogP) is 1.56. The van der Waals surface area contributed by atoms with Crippen LogP contribution >= 0.6 is 11.8 Å². The van der Waals surface area contributed by atoms with Crippen molar-refractivity contribution in [1.82, 2.24) is 29.0 Å². The highest BCUT2D eigenvalue weighted by Gasteiger charge is 2.22. The van der Waals surface area contributed by atoms with E-state index in [1.807, 2.05) is 19.9 Å². The second kappa shape index (κ2) is 9.71. The first-order chi connectivity index (χ1) is 15.2. The van der Waals surface area contributed by atoms with Gasteiger partial charge in [-0.2, -0.15) is 9.40 Å². The standard InChI is InChI=1S/C19H26N8O3S2/c1-5-25(6-2)32(29,30)16-9-7-8-15(11-16)21-17(28)12-31-19-23-22-18(26(19)20)27-14(4)10-13(3)24-27/h7-11H,5-6,12,20H2,1-4H3,(H,21,28). The van der Waals surface area contributed by atoms with E-state index in [1.165, 1.54) is 21.1 Å². The third-order valence-corrected chi connectivity index (χ3v) is 7.63. The van der Waals surface area contributed by atoms with Gasteiger partial charge in [0.05, 0.1) is 16.3 Å². The number of hydrogen-bond donors (Lipinski definition) is 2. The molecule has 32 heavy (non-hydrogen) atoms. The molecular formula is C19H26N8O3S2. The van der Waals surface area contributed by atoms with Gasteiger partial charge in [-0.1, -0.05) is 31.7 Å². The molecule has 1 aromatic carbocycles. The summed E-state index contributed by atoms with van der Waals surface area (Å²) in [6, 6.07) is 8.08. The molecule has 2 aromatic heterocycles. The Hall–Kier alpha value is -2.90. The second-order valence-electron chi connectivity index (χ2n) is 6.95. The van der Waals surface area contributed by atoms with Gasteiger partial charge in [0.15, 0.2) is 0 Å². The van der Waals surface area contributed by atoms with E-state index in [0.29, 0.717) is 29.9 Å². The van der Waals surface area contributed by atoms with Gasteiger partial charge in [-0.15, -0.1) is 10.2 Å². The highest BCUT2D eigenvalue weighted by atomic mass is 32.2. The molecule has 11 nitrogen and oxygen atoms in total. The lowest BCUT2D eigenvalue weighted by Gasteiger charge is -2.18. The Balaban J connectivity index is 1.67. The molecule has 0 saturated carbocycles. The number of amides is 1. The second-order valence-corrected chi connectivity index (χ2v) is 9.83. The number of aryl methyl sites for hydroxylation is 2. The van der Waals surface area contributed by atoms with Crippen molar-refractivity contribution in [3.05, 3.63) is 41.7 Å². The third kappa shape index (κ3) is 4.95. The fraction of sp³-hybridized carbons (Fsp3) is 0.368. The first-order valence-electron chi connectivity index (χ1n) is 9.94. The van der Waals surface area contributed by atoms with Crippen LogP contribution in [0.15, 0.2) is 40.4 Å². The predicted molar refractivity (Wildman–Crippen MR) is 123 cm³/mol. The number of carbonyl (C=O) groups excluding carboxylic acids is 1. The number of nitrogen functional groups attached to an aromatic ring is 1. The summed E-state index contributed by atoms with van der Waals surface area (Å²) in [5.74, 6) is 6.11. The average Bonchev–Trinajstić information content (AvgIpc) is 3.27. The van der Waals surface area contributed by atoms with E-state index < -0.39 is 10.0 Å². The molecule has 0 radical (unpaired) electrons. The molecule has 0 unspecified atom stereocenters. The van der Waals surface area contributed by atoms with Gasteiger partial charge in [0.1, 0.15) is 0 Å². The summed E-state index contributed by atoms with van der Waals surface area (Å²) in [7, 11) is -3.62. The van der Waals surface area contributed by atoms with Crippen molar-refractivity contribution in [1.29, 1.82) is 0 Å². The molecule has 3 rings (SSSR count). The number of thioether (sulfide) groups is 1. The zero-order chi connectivity index (χ0) is 23.5. The summed E-state index contributed by atoms with van der Waals surface area (Å²) >= 11 is 1.11. The van der Waals surface area contributed by atoms with Crippen LogP contribution in [0.3, 0.4) is 0 Å². The van der Waals surface area contributed by atoms with Crippen LogP contribution in [0.1, 0.15) is 25.2 Å². The number of nitrogens with two attached hydrogens (primary N) is 1. The van der Waals surface area contributed by atoms with Gasteiger partial charge < -0.3 is 11.2 Å². The number of aromatic nitrogens is 5. The Bertz CT molecular complexity index is 1220. The van der Waals surface area contributed by atoms with Gasteiger partial charge in [-0.3, -0.25) is 4.79 Å². The first kappa shape index (κ1) is 23.8. The van der Waals surface area contributed by atoms with E-state index in [0.717, 1.165) is 23.1 Å². The van der Waals surface area contributed by atoms with Crippen LogP contribution in [0.5, 0.6) is 0 Å². The Kier molecular flexibility index (Phi) is 7.21. The molecule has 0 bridgehead atoms. The first-order valence-corrected chi connectivity index (χ1v) is 12.4. The molecule has 3 N–H and O–H groups in total. The molecule has 0 fully saturated rings. The number of rotatable bonds is 9. The molecule has 0 saturated heterocycles. The summed E-state index contributed by atoms with van der Waals surface area (Å²) < 4.78 is 29.6. The molecule has 0 spiro atoms. The van der Waals surface area contributed by atoms with Crippen LogP contribution in [0.25, 0.3) is 5.95 Å². The molecule has 0 aliphatic heterocycles. The van der Waals surface area contributed by atoms with Crippen LogP contribution in [-0.4, -0.2) is 62.1 Å². The molecular weight excluding hydrogens is 452 g/mol. The molecule has 0 atom stereocenters. The number of nitrogens with one attached hydrogen (secondary N) is 1. The fourth-order valence-corrected chi connectivity index (χ4v) is 5.27. The topological polar surface area (TPSA) is 141 Å². The molecule has 2 heterocycles. The number of anilines is 1. The Morgan fingerprint density at radius 2 is 1.91 bits per heavy atom. The van der Waals surface area contributed by atoms with Gasteiger partial charge in [-0.05, 0) is 38.1 Å². The lowest BCUT2D eigenvalue weighted by molar-refractivity contribution is -0.113. The van der Waals surface area contributed by atoms with Crippen molar-refractivity contribution in [3.8, 4) is 5.95 Å². The summed E-state index contributed by atoms with van der Waals surface area (Å²) in [6.07, 6.45) is 0. The van der Waals surface area contributed by atoms with Crippen LogP contribution in [0.4, 0.5) is 5.69 Å². The monoisotopic (exact) mass is 478 g/mol. The van der Waals surface area contributed by atoms with Gasteiger partial charge >= 0.3 is 0 Å². The fourth-order valence-electron chi connectivity index (χ4n) is 3.12. The lowest BCUT2D eigenvalue weighted by Crippen LogP contribution is -2.30. The maximum atomic E-state index is 12.7. The summed E-state index contributed by atoms with van der Waals surface area (Å²) in [6.45, 7) is 8.03. The summed E-state index contributed by atoms with van der Waals surface area (Å²) in [5.41, 5.74) is 2.07. The molecule has 3 aromatic rings. The average molecular weight is 479 g/mol. The van der Waals surface area contributed by atoms with E-state index >= 15 is 0 Å². The molecule has 172 valence electrons. The minimum Gasteiger partial charge on any atom is -0.334 e. The van der Waals surface area contributed by atoms with Crippen LogP contribution in [-0.2, 0) is 14.8 Å². The minimum atomic E-state index is -3.62. The SMILES string of the molecule is CCN(CC)S(=O)(=O)c1cccc(NC(=O)CSc2nnc(-n3nc(C)cc3C)n2N)c1. The van der Waals surface area contributed by atoms with Crippen molar-refractivity contribution in [2.75, 3.05) is 30.0 Å². The smallest absolute Gasteiger partial charge is 0.271 e. The third-order valence-electron chi connectivity index (χ3n) is 4.64. The Labute approximate surface area is 191 Å². The molecule has 0 aliphatic rings. The number of benzene rings is 1. The largest absolute Gasteiger partial charge is 0.334 e. The van der Waals surface area contributed by atoms with Crippen LogP contribution < -0.4 is 11.2 Å². The Morgan fingerprint density at radius 3 is 2.53 bits per heavy atom. The highest BCUT2D eigenvalue weighted by molar-refractivity contribution is 7.99. The zero-order valence-corrected chi connectivity index (χ0v) is 19.9. The lowest BCUT2D eigenvalue weighted by atomic mass is 10.3. The van der Waals surface area contributed by atoms with Crippen molar-refractivity contribution >= 4 is 33.4 Å². The van der Waals surface area contributed by atoms with Crippen molar-refractivity contribution in [2.24, 2.45) is 0 Å². The number of nitrogens with zero attached hydrogens (tertiary/aromatic N) is 6. The normalized spacial score (nSPS) is 11.8. The number of carbonyl (C=O) groups is 1. The summed E-state index contributed by atoms with van der Waals surface area (Å²) in [4.78, 5) is 12.6. The van der Waals surface area contributed by atoms with Crippen LogP contribution in [0, 0.1) is 13.8 Å². The van der Waals surface area contributed by atoms with Gasteiger partial charge in [0, 0.05) is 24.5 Å². The van der Waals surface area contributed by atoms with E-state index in [-0.39, 0.29) is 16.6 Å². The molecule has 0 aliphatic carbocycles. The minimum absolute atomic E-state index is 0.0134. The van der Waals surface area contributed by atoms with Gasteiger partial charge in [0.2, 0.25) is 21.1 Å². The van der Waals surface area contributed by atoms with E-state index in [4.69, 9.17) is 5.84 Å². The highest BCUT2D eigenvalue weighted by Crippen LogP contribution is 2.21. The van der Waals surface area contributed by atoms with Crippen molar-refractivity contribution < 1.29 is 13.2 Å². The number of sulfonamides is 1. The number of hydrogen-bond acceptors (Lipinski definition) is 8. The van der Waals surface area contributed by atoms with E-state index in [1.54, 1.807) is 30.7 Å². The van der Waals surface area contributed by atoms with Gasteiger partial charge in [0.25, 0.3) is 5.95 Å². The van der Waals surface area contributed by atoms with E-state index in [2.05, 4.69) is 20.6 Å². The van der Waals surface area contributed by atoms with Gasteiger partial charge in [-0.25, -0.2) is 17.8 Å². The molecule has 1 amide bonds. The Morgan fingerprint density at radius 1 is 1.19 bits per heavy atom.